The zero-order chi connectivity index (χ0) is 13.8. The largest absolute Gasteiger partial charge is 0.294 e. The molecule has 0 fully saturated rings. The van der Waals surface area contributed by atoms with E-state index < -0.39 is 0 Å². The zero-order valence-electron chi connectivity index (χ0n) is 12.4. The number of pyridine rings is 1. The first-order valence-electron chi connectivity index (χ1n) is 7.67. The SMILES string of the molecule is CCCCCCc1ccc2c(n1)[C@@H](C)C[C@@H](C)C2=O. The number of hydrogen-bond donors (Lipinski definition) is 0. The van der Waals surface area contributed by atoms with Crippen LogP contribution >= 0.6 is 0 Å². The lowest BCUT2D eigenvalue weighted by molar-refractivity contribution is 0.0904. The summed E-state index contributed by atoms with van der Waals surface area (Å²) < 4.78 is 0. The van der Waals surface area contributed by atoms with Gasteiger partial charge in [-0.05, 0) is 37.3 Å². The highest BCUT2D eigenvalue weighted by Gasteiger charge is 2.29. The summed E-state index contributed by atoms with van der Waals surface area (Å²) in [6.07, 6.45) is 7.04. The molecule has 1 aliphatic carbocycles. The first kappa shape index (κ1) is 14.2. The van der Waals surface area contributed by atoms with E-state index in [4.69, 9.17) is 4.98 Å². The first-order chi connectivity index (χ1) is 9.13. The summed E-state index contributed by atoms with van der Waals surface area (Å²) in [7, 11) is 0. The van der Waals surface area contributed by atoms with Crippen molar-refractivity contribution in [2.45, 2.75) is 65.2 Å². The Bertz CT molecular complexity index is 453. The molecular formula is C17H25NO. The lowest BCUT2D eigenvalue weighted by Crippen LogP contribution is -2.24. The summed E-state index contributed by atoms with van der Waals surface area (Å²) in [6.45, 7) is 6.45. The number of unbranched alkanes of at least 4 members (excludes halogenated alkanes) is 3. The molecule has 0 aromatic carbocycles. The Morgan fingerprint density at radius 2 is 1.95 bits per heavy atom. The van der Waals surface area contributed by atoms with Crippen molar-refractivity contribution in [3.63, 3.8) is 0 Å². The number of rotatable bonds is 5. The Morgan fingerprint density at radius 3 is 2.68 bits per heavy atom. The normalized spacial score (nSPS) is 22.4. The number of Topliss-reactive ketones (excluding diaryl/α,β-unsaturated/α-hetero) is 1. The third kappa shape index (κ3) is 3.23. The van der Waals surface area contributed by atoms with Crippen LogP contribution in [0.1, 0.15) is 80.5 Å². The lowest BCUT2D eigenvalue weighted by atomic mass is 9.80. The van der Waals surface area contributed by atoms with Crippen LogP contribution in [0.25, 0.3) is 0 Å². The van der Waals surface area contributed by atoms with E-state index in [1.807, 2.05) is 19.1 Å². The Labute approximate surface area is 116 Å². The van der Waals surface area contributed by atoms with Gasteiger partial charge in [0, 0.05) is 17.2 Å². The van der Waals surface area contributed by atoms with Gasteiger partial charge in [-0.2, -0.15) is 0 Å². The fourth-order valence-corrected chi connectivity index (χ4v) is 2.99. The molecule has 1 aromatic rings. The molecule has 1 heterocycles. The molecule has 104 valence electrons. The molecule has 2 rings (SSSR count). The standard InChI is InChI=1S/C17H25NO/c1-4-5-6-7-8-14-9-10-15-16(18-14)12(2)11-13(3)17(15)19/h9-10,12-13H,4-8,11H2,1-3H3/t12-,13+/m0/s1. The van der Waals surface area contributed by atoms with E-state index in [0.29, 0.717) is 5.92 Å². The van der Waals surface area contributed by atoms with Crippen molar-refractivity contribution < 1.29 is 4.79 Å². The van der Waals surface area contributed by atoms with Crippen LogP contribution in [-0.4, -0.2) is 10.8 Å². The summed E-state index contributed by atoms with van der Waals surface area (Å²) in [4.78, 5) is 16.9. The highest BCUT2D eigenvalue weighted by Crippen LogP contribution is 2.33. The van der Waals surface area contributed by atoms with Crippen LogP contribution in [-0.2, 0) is 6.42 Å². The Balaban J connectivity index is 2.10. The number of ketones is 1. The number of hydrogen-bond acceptors (Lipinski definition) is 2. The summed E-state index contributed by atoms with van der Waals surface area (Å²) in [5.41, 5.74) is 3.06. The van der Waals surface area contributed by atoms with Crippen molar-refractivity contribution in [3.05, 3.63) is 29.1 Å². The molecule has 0 radical (unpaired) electrons. The van der Waals surface area contributed by atoms with Gasteiger partial charge in [0.2, 0.25) is 0 Å². The van der Waals surface area contributed by atoms with E-state index >= 15 is 0 Å². The predicted molar refractivity (Wildman–Crippen MR) is 78.6 cm³/mol. The second-order valence-corrected chi connectivity index (χ2v) is 5.95. The third-order valence-electron chi connectivity index (χ3n) is 4.16. The van der Waals surface area contributed by atoms with Crippen molar-refractivity contribution in [1.29, 1.82) is 0 Å². The molecule has 2 nitrogen and oxygen atoms in total. The highest BCUT2D eigenvalue weighted by molar-refractivity contribution is 5.99. The molecule has 0 amide bonds. The van der Waals surface area contributed by atoms with E-state index in [0.717, 1.165) is 29.8 Å². The lowest BCUT2D eigenvalue weighted by Gasteiger charge is -2.25. The van der Waals surface area contributed by atoms with Crippen molar-refractivity contribution in [3.8, 4) is 0 Å². The van der Waals surface area contributed by atoms with Crippen LogP contribution in [0.15, 0.2) is 12.1 Å². The average molecular weight is 259 g/mol. The van der Waals surface area contributed by atoms with Crippen LogP contribution < -0.4 is 0 Å². The molecule has 1 aromatic heterocycles. The molecule has 0 aliphatic heterocycles. The first-order valence-corrected chi connectivity index (χ1v) is 7.67. The topological polar surface area (TPSA) is 30.0 Å². The second-order valence-electron chi connectivity index (χ2n) is 5.95. The quantitative estimate of drug-likeness (QED) is 0.727. The summed E-state index contributed by atoms with van der Waals surface area (Å²) in [5.74, 6) is 0.844. The van der Waals surface area contributed by atoms with E-state index in [1.165, 1.54) is 25.7 Å². The van der Waals surface area contributed by atoms with Gasteiger partial charge in [-0.3, -0.25) is 9.78 Å². The zero-order valence-corrected chi connectivity index (χ0v) is 12.4. The van der Waals surface area contributed by atoms with Gasteiger partial charge in [-0.1, -0.05) is 40.0 Å². The maximum Gasteiger partial charge on any atom is 0.167 e. The molecule has 1 aliphatic rings. The minimum atomic E-state index is 0.153. The molecule has 0 N–H and O–H groups in total. The smallest absolute Gasteiger partial charge is 0.167 e. The van der Waals surface area contributed by atoms with Gasteiger partial charge in [0.15, 0.2) is 5.78 Å². The van der Waals surface area contributed by atoms with Gasteiger partial charge in [0.1, 0.15) is 0 Å². The minimum absolute atomic E-state index is 0.153. The molecule has 2 atom stereocenters. The van der Waals surface area contributed by atoms with Crippen LogP contribution in [0.4, 0.5) is 0 Å². The van der Waals surface area contributed by atoms with Gasteiger partial charge >= 0.3 is 0 Å². The van der Waals surface area contributed by atoms with Gasteiger partial charge in [0.25, 0.3) is 0 Å². The Hall–Kier alpha value is -1.18. The van der Waals surface area contributed by atoms with Crippen molar-refractivity contribution in [2.75, 3.05) is 0 Å². The van der Waals surface area contributed by atoms with Crippen molar-refractivity contribution in [1.82, 2.24) is 4.98 Å². The maximum atomic E-state index is 12.1. The summed E-state index contributed by atoms with van der Waals surface area (Å²) in [6, 6.07) is 4.05. The van der Waals surface area contributed by atoms with E-state index in [-0.39, 0.29) is 11.7 Å². The maximum absolute atomic E-state index is 12.1. The van der Waals surface area contributed by atoms with Crippen LogP contribution in [0.5, 0.6) is 0 Å². The fraction of sp³-hybridized carbons (Fsp3) is 0.647. The minimum Gasteiger partial charge on any atom is -0.294 e. The number of carbonyl (C=O) groups excluding carboxylic acids is 1. The second kappa shape index (κ2) is 6.31. The highest BCUT2D eigenvalue weighted by atomic mass is 16.1. The molecule has 0 saturated heterocycles. The Morgan fingerprint density at radius 1 is 1.16 bits per heavy atom. The van der Waals surface area contributed by atoms with E-state index in [1.54, 1.807) is 0 Å². The van der Waals surface area contributed by atoms with Crippen LogP contribution in [0, 0.1) is 5.92 Å². The van der Waals surface area contributed by atoms with Crippen LogP contribution in [0.2, 0.25) is 0 Å². The molecule has 0 saturated carbocycles. The average Bonchev–Trinajstić information content (AvgIpc) is 2.41. The number of aromatic nitrogens is 1. The van der Waals surface area contributed by atoms with Gasteiger partial charge < -0.3 is 0 Å². The number of aryl methyl sites for hydroxylation is 1. The summed E-state index contributed by atoms with van der Waals surface area (Å²) >= 11 is 0. The molecule has 2 heteroatoms. The molecule has 19 heavy (non-hydrogen) atoms. The van der Waals surface area contributed by atoms with Gasteiger partial charge in [-0.25, -0.2) is 0 Å². The van der Waals surface area contributed by atoms with Crippen molar-refractivity contribution >= 4 is 5.78 Å². The predicted octanol–water partition coefficient (Wildman–Crippen LogP) is 4.53. The molecule has 0 bridgehead atoms. The Kier molecular flexibility index (Phi) is 4.73. The third-order valence-corrected chi connectivity index (χ3v) is 4.16. The van der Waals surface area contributed by atoms with E-state index in [9.17, 15) is 4.79 Å². The van der Waals surface area contributed by atoms with E-state index in [2.05, 4.69) is 13.8 Å². The van der Waals surface area contributed by atoms with Gasteiger partial charge in [-0.15, -0.1) is 0 Å². The monoisotopic (exact) mass is 259 g/mol. The van der Waals surface area contributed by atoms with Gasteiger partial charge in [0.05, 0.1) is 5.69 Å². The molecular weight excluding hydrogens is 234 g/mol. The van der Waals surface area contributed by atoms with Crippen molar-refractivity contribution in [2.24, 2.45) is 5.92 Å². The molecule has 0 spiro atoms. The number of fused-ring (bicyclic) bond motifs is 1. The number of nitrogens with zero attached hydrogens (tertiary/aromatic N) is 1. The van der Waals surface area contributed by atoms with Crippen LogP contribution in [0.3, 0.4) is 0 Å². The molecule has 0 unspecified atom stereocenters. The summed E-state index contributed by atoms with van der Waals surface area (Å²) in [5, 5.41) is 0. The fourth-order valence-electron chi connectivity index (χ4n) is 2.99. The number of carbonyl (C=O) groups is 1.